The van der Waals surface area contributed by atoms with Gasteiger partial charge in [-0.3, -0.25) is 4.79 Å². The first-order valence-corrected chi connectivity index (χ1v) is 9.62. The maximum absolute atomic E-state index is 13.3. The highest BCUT2D eigenvalue weighted by atomic mass is 32.2. The molecule has 24 heavy (non-hydrogen) atoms. The van der Waals surface area contributed by atoms with Crippen LogP contribution in [0.3, 0.4) is 0 Å². The molecule has 2 fully saturated rings. The van der Waals surface area contributed by atoms with E-state index in [4.69, 9.17) is 0 Å². The molecule has 2 N–H and O–H groups in total. The van der Waals surface area contributed by atoms with Crippen LogP contribution in [0.1, 0.15) is 32.1 Å². The van der Waals surface area contributed by atoms with E-state index in [0.717, 1.165) is 25.7 Å². The minimum atomic E-state index is -3.91. The highest BCUT2D eigenvalue weighted by molar-refractivity contribution is 7.89. The molecule has 2 aromatic heterocycles. The number of nitrogens with zero attached hydrogens (tertiary/aromatic N) is 2. The fraction of sp³-hybridized carbons (Fsp3) is 0.500. The van der Waals surface area contributed by atoms with Crippen molar-refractivity contribution in [2.45, 2.75) is 49.1 Å². The van der Waals surface area contributed by atoms with Crippen molar-refractivity contribution in [2.75, 3.05) is 0 Å². The Morgan fingerprint density at radius 2 is 2.12 bits per heavy atom. The molecule has 3 heterocycles. The zero-order valence-electron chi connectivity index (χ0n) is 13.1. The lowest BCUT2D eigenvalue weighted by molar-refractivity contribution is -0.141. The molecule has 1 saturated carbocycles. The lowest BCUT2D eigenvalue weighted by Gasteiger charge is -2.31. The molecule has 0 radical (unpaired) electrons. The van der Waals surface area contributed by atoms with Gasteiger partial charge in [0, 0.05) is 23.8 Å². The second-order valence-corrected chi connectivity index (χ2v) is 8.40. The maximum Gasteiger partial charge on any atom is 0.322 e. The molecule has 8 heteroatoms. The largest absolute Gasteiger partial charge is 0.480 e. The summed E-state index contributed by atoms with van der Waals surface area (Å²) in [6.07, 6.45) is 7.02. The van der Waals surface area contributed by atoms with Gasteiger partial charge in [0.2, 0.25) is 10.0 Å². The van der Waals surface area contributed by atoms with Gasteiger partial charge in [-0.1, -0.05) is 12.8 Å². The van der Waals surface area contributed by atoms with Crippen LogP contribution in [0.5, 0.6) is 0 Å². The van der Waals surface area contributed by atoms with E-state index in [1.807, 2.05) is 0 Å². The lowest BCUT2D eigenvalue weighted by Crippen LogP contribution is -2.46. The van der Waals surface area contributed by atoms with Crippen molar-refractivity contribution in [1.82, 2.24) is 14.3 Å². The third-order valence-corrected chi connectivity index (χ3v) is 7.26. The SMILES string of the molecule is O=C(O)C1CC2CCCCC2N1S(=O)(=O)c1c[nH]c2ncccc12. The number of carboxylic acid groups (broad SMARTS) is 1. The van der Waals surface area contributed by atoms with E-state index >= 15 is 0 Å². The minimum Gasteiger partial charge on any atom is -0.480 e. The van der Waals surface area contributed by atoms with E-state index in [1.54, 1.807) is 18.3 Å². The van der Waals surface area contributed by atoms with Gasteiger partial charge in [0.05, 0.1) is 0 Å². The summed E-state index contributed by atoms with van der Waals surface area (Å²) in [5, 5.41) is 10.1. The Morgan fingerprint density at radius 3 is 2.92 bits per heavy atom. The topological polar surface area (TPSA) is 103 Å². The zero-order valence-corrected chi connectivity index (χ0v) is 13.9. The van der Waals surface area contributed by atoms with Crippen LogP contribution in [0.4, 0.5) is 0 Å². The first kappa shape index (κ1) is 15.6. The number of fused-ring (bicyclic) bond motifs is 2. The fourth-order valence-electron chi connectivity index (χ4n) is 4.23. The van der Waals surface area contributed by atoms with Gasteiger partial charge in [-0.25, -0.2) is 13.4 Å². The summed E-state index contributed by atoms with van der Waals surface area (Å²) in [7, 11) is -3.91. The number of aromatic amines is 1. The molecule has 1 aliphatic carbocycles. The Kier molecular flexibility index (Phi) is 3.61. The number of hydrogen-bond acceptors (Lipinski definition) is 4. The van der Waals surface area contributed by atoms with Crippen LogP contribution in [0.2, 0.25) is 0 Å². The summed E-state index contributed by atoms with van der Waals surface area (Å²) in [5.74, 6) is -0.927. The first-order chi connectivity index (χ1) is 11.5. The van der Waals surface area contributed by atoms with Crippen LogP contribution in [0.25, 0.3) is 11.0 Å². The molecule has 0 aromatic carbocycles. The predicted molar refractivity (Wildman–Crippen MR) is 86.9 cm³/mol. The molecule has 2 aliphatic rings. The second-order valence-electron chi connectivity index (χ2n) is 6.59. The normalized spacial score (nSPS) is 28.1. The van der Waals surface area contributed by atoms with Gasteiger partial charge < -0.3 is 10.1 Å². The van der Waals surface area contributed by atoms with Crippen molar-refractivity contribution in [2.24, 2.45) is 5.92 Å². The quantitative estimate of drug-likeness (QED) is 0.882. The van der Waals surface area contributed by atoms with E-state index in [9.17, 15) is 18.3 Å². The summed E-state index contributed by atoms with van der Waals surface area (Å²) in [6, 6.07) is 2.17. The van der Waals surface area contributed by atoms with Crippen LogP contribution >= 0.6 is 0 Å². The van der Waals surface area contributed by atoms with Gasteiger partial charge in [-0.2, -0.15) is 4.31 Å². The van der Waals surface area contributed by atoms with Crippen LogP contribution in [0.15, 0.2) is 29.4 Å². The molecule has 0 amide bonds. The Hall–Kier alpha value is -1.93. The number of nitrogens with one attached hydrogen (secondary N) is 1. The van der Waals surface area contributed by atoms with Gasteiger partial charge in [0.15, 0.2) is 0 Å². The van der Waals surface area contributed by atoms with E-state index in [0.29, 0.717) is 17.5 Å². The van der Waals surface area contributed by atoms with Crippen LogP contribution in [-0.2, 0) is 14.8 Å². The first-order valence-electron chi connectivity index (χ1n) is 8.18. The number of pyridine rings is 1. The summed E-state index contributed by atoms with van der Waals surface area (Å²) in [6.45, 7) is 0. The molecular weight excluding hydrogens is 330 g/mol. The van der Waals surface area contributed by atoms with E-state index in [2.05, 4.69) is 9.97 Å². The number of aliphatic carboxylic acids is 1. The Labute approximate surface area is 139 Å². The number of sulfonamides is 1. The summed E-state index contributed by atoms with van der Waals surface area (Å²) < 4.78 is 27.8. The lowest BCUT2D eigenvalue weighted by atomic mass is 9.85. The third-order valence-electron chi connectivity index (χ3n) is 5.28. The number of carbonyl (C=O) groups is 1. The third kappa shape index (κ3) is 2.24. The van der Waals surface area contributed by atoms with Crippen molar-refractivity contribution in [3.8, 4) is 0 Å². The van der Waals surface area contributed by atoms with E-state index in [-0.39, 0.29) is 16.9 Å². The fourth-order valence-corrected chi connectivity index (χ4v) is 6.26. The van der Waals surface area contributed by atoms with Gasteiger partial charge in [-0.15, -0.1) is 0 Å². The minimum absolute atomic E-state index is 0.114. The predicted octanol–water partition coefficient (Wildman–Crippen LogP) is 1.97. The number of hydrogen-bond donors (Lipinski definition) is 2. The Balaban J connectivity index is 1.83. The Bertz CT molecular complexity index is 892. The highest BCUT2D eigenvalue weighted by Gasteiger charge is 2.51. The number of carboxylic acids is 1. The molecule has 2 aromatic rings. The summed E-state index contributed by atoms with van der Waals surface area (Å²) >= 11 is 0. The molecule has 0 spiro atoms. The molecule has 4 rings (SSSR count). The number of rotatable bonds is 3. The smallest absolute Gasteiger partial charge is 0.322 e. The molecule has 3 atom stereocenters. The molecular formula is C16H19N3O4S. The molecule has 0 bridgehead atoms. The van der Waals surface area contributed by atoms with Crippen molar-refractivity contribution < 1.29 is 18.3 Å². The monoisotopic (exact) mass is 349 g/mol. The van der Waals surface area contributed by atoms with Crippen molar-refractivity contribution in [3.63, 3.8) is 0 Å². The van der Waals surface area contributed by atoms with Gasteiger partial charge in [0.25, 0.3) is 0 Å². The van der Waals surface area contributed by atoms with Crippen LogP contribution in [-0.4, -0.2) is 45.9 Å². The molecule has 1 aliphatic heterocycles. The van der Waals surface area contributed by atoms with E-state index < -0.39 is 22.0 Å². The summed E-state index contributed by atoms with van der Waals surface area (Å²) in [4.78, 5) is 18.8. The molecule has 128 valence electrons. The Morgan fingerprint density at radius 1 is 1.33 bits per heavy atom. The number of aromatic nitrogens is 2. The summed E-state index contributed by atoms with van der Waals surface area (Å²) in [5.41, 5.74) is 0.488. The zero-order chi connectivity index (χ0) is 16.9. The standard InChI is InChI=1S/C16H19N3O4S/c20-16(21)13-8-10-4-1-2-6-12(10)19(13)24(22,23)14-9-18-15-11(14)5-3-7-17-15/h3,5,7,9-10,12-13H,1-2,4,6,8H2,(H,17,18)(H,20,21). The second kappa shape index (κ2) is 5.56. The number of H-pyrrole nitrogens is 1. The van der Waals surface area contributed by atoms with Gasteiger partial charge in [-0.05, 0) is 37.3 Å². The van der Waals surface area contributed by atoms with Crippen molar-refractivity contribution in [3.05, 3.63) is 24.5 Å². The van der Waals surface area contributed by atoms with Gasteiger partial charge in [0.1, 0.15) is 16.6 Å². The molecule has 1 saturated heterocycles. The van der Waals surface area contributed by atoms with Gasteiger partial charge >= 0.3 is 5.97 Å². The van der Waals surface area contributed by atoms with Crippen LogP contribution < -0.4 is 0 Å². The molecule has 3 unspecified atom stereocenters. The maximum atomic E-state index is 13.3. The average Bonchev–Trinajstić information content (AvgIpc) is 3.17. The average molecular weight is 349 g/mol. The molecule has 7 nitrogen and oxygen atoms in total. The van der Waals surface area contributed by atoms with Crippen molar-refractivity contribution in [1.29, 1.82) is 0 Å². The van der Waals surface area contributed by atoms with Crippen LogP contribution in [0, 0.1) is 5.92 Å². The van der Waals surface area contributed by atoms with Crippen molar-refractivity contribution >= 4 is 27.0 Å². The van der Waals surface area contributed by atoms with E-state index in [1.165, 1.54) is 10.5 Å². The highest BCUT2D eigenvalue weighted by Crippen LogP contribution is 2.43.